The predicted octanol–water partition coefficient (Wildman–Crippen LogP) is 4.67. The number of rotatable bonds is 9. The Morgan fingerprint density at radius 3 is 2.52 bits per heavy atom. The summed E-state index contributed by atoms with van der Waals surface area (Å²) in [4.78, 5) is 14.8. The molecule has 0 unspecified atom stereocenters. The standard InChI is InChI=1S/C22H26FNO3/c1-4-24(5-2)15-17-13-18(21(26)14-22(17)27-6-3)20(25)12-11-16-9-7-8-10-19(16)23/h7-14,26H,4-6,15H2,1-3H3/b12-11+. The molecule has 0 saturated heterocycles. The van der Waals surface area contributed by atoms with E-state index < -0.39 is 5.82 Å². The van der Waals surface area contributed by atoms with Gasteiger partial charge in [0, 0.05) is 23.7 Å². The molecule has 0 atom stereocenters. The van der Waals surface area contributed by atoms with E-state index in [1.54, 1.807) is 24.3 Å². The molecule has 0 fully saturated rings. The van der Waals surface area contributed by atoms with Crippen molar-refractivity contribution in [1.82, 2.24) is 4.90 Å². The van der Waals surface area contributed by atoms with E-state index in [-0.39, 0.29) is 17.1 Å². The first-order chi connectivity index (χ1) is 13.0. The number of ketones is 1. The highest BCUT2D eigenvalue weighted by atomic mass is 19.1. The Hall–Kier alpha value is -2.66. The molecule has 0 spiro atoms. The van der Waals surface area contributed by atoms with Crippen molar-refractivity contribution >= 4 is 11.9 Å². The molecule has 0 aliphatic rings. The zero-order valence-corrected chi connectivity index (χ0v) is 16.0. The minimum absolute atomic E-state index is 0.148. The highest BCUT2D eigenvalue weighted by molar-refractivity contribution is 6.08. The first-order valence-electron chi connectivity index (χ1n) is 9.18. The number of benzene rings is 2. The number of phenols is 1. The van der Waals surface area contributed by atoms with Gasteiger partial charge < -0.3 is 9.84 Å². The van der Waals surface area contributed by atoms with Crippen molar-refractivity contribution in [2.45, 2.75) is 27.3 Å². The normalized spacial score (nSPS) is 11.3. The Labute approximate surface area is 159 Å². The van der Waals surface area contributed by atoms with E-state index in [9.17, 15) is 14.3 Å². The van der Waals surface area contributed by atoms with Gasteiger partial charge in [-0.05, 0) is 44.3 Å². The van der Waals surface area contributed by atoms with Crippen molar-refractivity contribution in [3.63, 3.8) is 0 Å². The monoisotopic (exact) mass is 371 g/mol. The molecule has 27 heavy (non-hydrogen) atoms. The molecule has 0 aliphatic carbocycles. The van der Waals surface area contributed by atoms with Crippen LogP contribution < -0.4 is 4.74 Å². The average Bonchev–Trinajstić information content (AvgIpc) is 2.66. The summed E-state index contributed by atoms with van der Waals surface area (Å²) in [6.45, 7) is 8.79. The lowest BCUT2D eigenvalue weighted by Gasteiger charge is -2.21. The van der Waals surface area contributed by atoms with E-state index in [1.165, 1.54) is 24.3 Å². The third-order valence-corrected chi connectivity index (χ3v) is 4.35. The molecule has 2 aromatic carbocycles. The maximum absolute atomic E-state index is 13.7. The first kappa shape index (κ1) is 20.6. The maximum Gasteiger partial charge on any atom is 0.189 e. The Bertz CT molecular complexity index is 813. The number of allylic oxidation sites excluding steroid dienone is 1. The molecule has 0 bridgehead atoms. The molecule has 144 valence electrons. The van der Waals surface area contributed by atoms with E-state index in [0.29, 0.717) is 24.5 Å². The average molecular weight is 371 g/mol. The molecule has 5 heteroatoms. The van der Waals surface area contributed by atoms with Crippen molar-refractivity contribution in [3.8, 4) is 11.5 Å². The second-order valence-electron chi connectivity index (χ2n) is 6.09. The largest absolute Gasteiger partial charge is 0.507 e. The van der Waals surface area contributed by atoms with Gasteiger partial charge in [-0.15, -0.1) is 0 Å². The van der Waals surface area contributed by atoms with Crippen molar-refractivity contribution in [2.24, 2.45) is 0 Å². The van der Waals surface area contributed by atoms with Gasteiger partial charge in [0.15, 0.2) is 5.78 Å². The van der Waals surface area contributed by atoms with Crippen molar-refractivity contribution in [1.29, 1.82) is 0 Å². The molecular formula is C22H26FNO3. The Balaban J connectivity index is 2.34. The van der Waals surface area contributed by atoms with Crippen LogP contribution in [0.2, 0.25) is 0 Å². The smallest absolute Gasteiger partial charge is 0.189 e. The van der Waals surface area contributed by atoms with Gasteiger partial charge in [-0.1, -0.05) is 32.0 Å². The van der Waals surface area contributed by atoms with Crippen molar-refractivity contribution in [3.05, 3.63) is 65.0 Å². The lowest BCUT2D eigenvalue weighted by molar-refractivity contribution is 0.104. The Kier molecular flexibility index (Phi) is 7.55. The number of carbonyl (C=O) groups is 1. The van der Waals surface area contributed by atoms with Gasteiger partial charge in [0.2, 0.25) is 0 Å². The summed E-state index contributed by atoms with van der Waals surface area (Å²) in [6, 6.07) is 9.35. The van der Waals surface area contributed by atoms with Gasteiger partial charge in [0.1, 0.15) is 17.3 Å². The predicted molar refractivity (Wildman–Crippen MR) is 106 cm³/mol. The molecule has 0 saturated carbocycles. The molecule has 0 heterocycles. The number of hydrogen-bond donors (Lipinski definition) is 1. The summed E-state index contributed by atoms with van der Waals surface area (Å²) >= 11 is 0. The summed E-state index contributed by atoms with van der Waals surface area (Å²) in [5.74, 6) is -0.374. The fourth-order valence-corrected chi connectivity index (χ4v) is 2.78. The number of halogens is 1. The van der Waals surface area contributed by atoms with Crippen LogP contribution in [0.3, 0.4) is 0 Å². The van der Waals surface area contributed by atoms with Crippen LogP contribution in [0.5, 0.6) is 11.5 Å². The van der Waals surface area contributed by atoms with Gasteiger partial charge in [-0.25, -0.2) is 4.39 Å². The molecule has 0 radical (unpaired) electrons. The molecule has 0 amide bonds. The SMILES string of the molecule is CCOc1cc(O)c(C(=O)/C=C/c2ccccc2F)cc1CN(CC)CC. The minimum Gasteiger partial charge on any atom is -0.507 e. The second kappa shape index (κ2) is 9.88. The zero-order chi connectivity index (χ0) is 19.8. The molecule has 0 aliphatic heterocycles. The number of aromatic hydroxyl groups is 1. The lowest BCUT2D eigenvalue weighted by atomic mass is 10.0. The van der Waals surface area contributed by atoms with Gasteiger partial charge in [-0.3, -0.25) is 9.69 Å². The Morgan fingerprint density at radius 1 is 1.19 bits per heavy atom. The van der Waals surface area contributed by atoms with Crippen molar-refractivity contribution < 1.29 is 19.0 Å². The maximum atomic E-state index is 13.7. The topological polar surface area (TPSA) is 49.8 Å². The van der Waals surface area contributed by atoms with E-state index in [4.69, 9.17) is 4.74 Å². The number of phenolic OH excluding ortho intramolecular Hbond substituents is 1. The molecule has 2 aromatic rings. The first-order valence-corrected chi connectivity index (χ1v) is 9.18. The quantitative estimate of drug-likeness (QED) is 0.514. The molecule has 4 nitrogen and oxygen atoms in total. The number of carbonyl (C=O) groups excluding carboxylic acids is 1. The summed E-state index contributed by atoms with van der Waals surface area (Å²) in [7, 11) is 0. The Morgan fingerprint density at radius 2 is 1.89 bits per heavy atom. The van der Waals surface area contributed by atoms with Crippen LogP contribution in [-0.2, 0) is 6.54 Å². The van der Waals surface area contributed by atoms with Gasteiger partial charge >= 0.3 is 0 Å². The van der Waals surface area contributed by atoms with Crippen LogP contribution in [0.25, 0.3) is 6.08 Å². The van der Waals surface area contributed by atoms with E-state index in [2.05, 4.69) is 18.7 Å². The van der Waals surface area contributed by atoms with E-state index in [0.717, 1.165) is 18.7 Å². The van der Waals surface area contributed by atoms with Crippen LogP contribution in [0.4, 0.5) is 4.39 Å². The van der Waals surface area contributed by atoms with Gasteiger partial charge in [0.25, 0.3) is 0 Å². The number of nitrogens with zero attached hydrogens (tertiary/aromatic N) is 1. The van der Waals surface area contributed by atoms with E-state index >= 15 is 0 Å². The van der Waals surface area contributed by atoms with Crippen molar-refractivity contribution in [2.75, 3.05) is 19.7 Å². The van der Waals surface area contributed by atoms with Gasteiger partial charge in [-0.2, -0.15) is 0 Å². The molecule has 0 aromatic heterocycles. The fourth-order valence-electron chi connectivity index (χ4n) is 2.78. The lowest BCUT2D eigenvalue weighted by Crippen LogP contribution is -2.22. The fraction of sp³-hybridized carbons (Fsp3) is 0.318. The third-order valence-electron chi connectivity index (χ3n) is 4.35. The van der Waals surface area contributed by atoms with Crippen LogP contribution >= 0.6 is 0 Å². The molecule has 2 rings (SSSR count). The molecule has 1 N–H and O–H groups in total. The highest BCUT2D eigenvalue weighted by Gasteiger charge is 2.16. The summed E-state index contributed by atoms with van der Waals surface area (Å²) in [5.41, 5.74) is 1.33. The summed E-state index contributed by atoms with van der Waals surface area (Å²) < 4.78 is 19.3. The van der Waals surface area contributed by atoms with Crippen LogP contribution in [0.1, 0.15) is 42.3 Å². The molecular weight excluding hydrogens is 345 g/mol. The zero-order valence-electron chi connectivity index (χ0n) is 16.0. The minimum atomic E-state index is -0.403. The summed E-state index contributed by atoms with van der Waals surface area (Å²) in [5, 5.41) is 10.3. The highest BCUT2D eigenvalue weighted by Crippen LogP contribution is 2.30. The van der Waals surface area contributed by atoms with Crippen LogP contribution in [-0.4, -0.2) is 35.5 Å². The van der Waals surface area contributed by atoms with Crippen LogP contribution in [0, 0.1) is 5.82 Å². The van der Waals surface area contributed by atoms with Gasteiger partial charge in [0.05, 0.1) is 12.2 Å². The van der Waals surface area contributed by atoms with Crippen LogP contribution in [0.15, 0.2) is 42.5 Å². The number of ether oxygens (including phenoxy) is 1. The summed E-state index contributed by atoms with van der Waals surface area (Å²) in [6.07, 6.45) is 2.69. The second-order valence-corrected chi connectivity index (χ2v) is 6.09. The number of hydrogen-bond acceptors (Lipinski definition) is 4. The third kappa shape index (κ3) is 5.41. The van der Waals surface area contributed by atoms with E-state index in [1.807, 2.05) is 6.92 Å².